The molecule has 270 valence electrons. The molecule has 0 saturated carbocycles. The summed E-state index contributed by atoms with van der Waals surface area (Å²) in [7, 11) is 0. The van der Waals surface area contributed by atoms with Crippen LogP contribution in [0.5, 0.6) is 0 Å². The first kappa shape index (κ1) is 42.6. The van der Waals surface area contributed by atoms with E-state index in [4.69, 9.17) is 14.2 Å². The Kier molecular flexibility index (Phi) is 25.9. The highest BCUT2D eigenvalue weighted by atomic mass is 16.6. The monoisotopic (exact) mass is 660 g/mol. The zero-order chi connectivity index (χ0) is 34.4. The molecule has 7 heteroatoms. The van der Waals surface area contributed by atoms with Crippen molar-refractivity contribution in [2.75, 3.05) is 39.5 Å². The SMILES string of the molecule is C=CCC(C)(CC)CCC(=O)OCC(COC(=O)CCCCCCC/C=C\C/C=C\CCCCC)COC(=O)CCCN1CCCC1. The van der Waals surface area contributed by atoms with E-state index in [0.29, 0.717) is 25.7 Å². The Hall–Kier alpha value is -2.41. The number of nitrogens with zero attached hydrogens (tertiary/aromatic N) is 1. The molecule has 1 fully saturated rings. The Bertz CT molecular complexity index is 893. The second-order valence-corrected chi connectivity index (χ2v) is 13.7. The fourth-order valence-electron chi connectivity index (χ4n) is 5.70. The molecule has 0 amide bonds. The molecule has 0 aromatic rings. The molecule has 7 nitrogen and oxygen atoms in total. The van der Waals surface area contributed by atoms with Crippen molar-refractivity contribution in [3.8, 4) is 0 Å². The molecular formula is C40H69NO6. The van der Waals surface area contributed by atoms with Gasteiger partial charge in [-0.3, -0.25) is 14.4 Å². The van der Waals surface area contributed by atoms with Crippen molar-refractivity contribution in [1.29, 1.82) is 0 Å². The average molecular weight is 660 g/mol. The van der Waals surface area contributed by atoms with Gasteiger partial charge in [-0.05, 0) is 95.7 Å². The van der Waals surface area contributed by atoms with E-state index in [1.54, 1.807) is 0 Å². The van der Waals surface area contributed by atoms with E-state index in [0.717, 1.165) is 77.4 Å². The average Bonchev–Trinajstić information content (AvgIpc) is 3.59. The van der Waals surface area contributed by atoms with Crippen LogP contribution in [-0.2, 0) is 28.6 Å². The summed E-state index contributed by atoms with van der Waals surface area (Å²) in [6.45, 7) is 13.7. The van der Waals surface area contributed by atoms with Crippen LogP contribution in [0, 0.1) is 11.3 Å². The molecule has 1 rings (SSSR count). The molecule has 1 aliphatic rings. The molecule has 47 heavy (non-hydrogen) atoms. The van der Waals surface area contributed by atoms with Crippen molar-refractivity contribution >= 4 is 17.9 Å². The molecule has 0 bridgehead atoms. The smallest absolute Gasteiger partial charge is 0.305 e. The molecular weight excluding hydrogens is 590 g/mol. The Morgan fingerprint density at radius 3 is 1.83 bits per heavy atom. The lowest BCUT2D eigenvalue weighted by Crippen LogP contribution is -2.27. The van der Waals surface area contributed by atoms with Gasteiger partial charge in [0.25, 0.3) is 0 Å². The molecule has 0 aromatic carbocycles. The van der Waals surface area contributed by atoms with E-state index in [2.05, 4.69) is 56.6 Å². The van der Waals surface area contributed by atoms with Crippen LogP contribution in [0.25, 0.3) is 0 Å². The van der Waals surface area contributed by atoms with Gasteiger partial charge >= 0.3 is 17.9 Å². The quantitative estimate of drug-likeness (QED) is 0.0329. The molecule has 0 N–H and O–H groups in total. The second kappa shape index (κ2) is 28.6. The van der Waals surface area contributed by atoms with Crippen LogP contribution in [0.15, 0.2) is 37.0 Å². The lowest BCUT2D eigenvalue weighted by Gasteiger charge is -2.26. The number of allylic oxidation sites excluding steroid dienone is 5. The maximum atomic E-state index is 12.6. The zero-order valence-electron chi connectivity index (χ0n) is 30.5. The molecule has 0 aromatic heterocycles. The molecule has 1 heterocycles. The van der Waals surface area contributed by atoms with Gasteiger partial charge < -0.3 is 19.1 Å². The second-order valence-electron chi connectivity index (χ2n) is 13.7. The molecule has 0 radical (unpaired) electrons. The minimum absolute atomic E-state index is 0.0160. The van der Waals surface area contributed by atoms with Crippen molar-refractivity contribution in [1.82, 2.24) is 4.90 Å². The van der Waals surface area contributed by atoms with Gasteiger partial charge in [0.2, 0.25) is 0 Å². The lowest BCUT2D eigenvalue weighted by molar-refractivity contribution is -0.153. The number of carbonyl (C=O) groups excluding carboxylic acids is 3. The van der Waals surface area contributed by atoms with Crippen LogP contribution in [0.4, 0.5) is 0 Å². The van der Waals surface area contributed by atoms with Gasteiger partial charge in [0.15, 0.2) is 0 Å². The topological polar surface area (TPSA) is 82.1 Å². The highest BCUT2D eigenvalue weighted by Gasteiger charge is 2.23. The summed E-state index contributed by atoms with van der Waals surface area (Å²) in [5, 5.41) is 0. The number of esters is 3. The number of likely N-dealkylation sites (tertiary alicyclic amines) is 1. The normalized spacial score (nSPS) is 15.6. The highest BCUT2D eigenvalue weighted by molar-refractivity contribution is 5.70. The van der Waals surface area contributed by atoms with Gasteiger partial charge in [-0.15, -0.1) is 6.58 Å². The minimum Gasteiger partial charge on any atom is -0.465 e. The predicted molar refractivity (Wildman–Crippen MR) is 193 cm³/mol. The van der Waals surface area contributed by atoms with Crippen LogP contribution in [0.3, 0.4) is 0 Å². The molecule has 0 spiro atoms. The van der Waals surface area contributed by atoms with Gasteiger partial charge in [0.1, 0.15) is 19.8 Å². The van der Waals surface area contributed by atoms with Crippen molar-refractivity contribution in [2.45, 2.75) is 149 Å². The largest absolute Gasteiger partial charge is 0.465 e. The summed E-state index contributed by atoms with van der Waals surface area (Å²) in [6, 6.07) is 0. The lowest BCUT2D eigenvalue weighted by atomic mass is 9.80. The Morgan fingerprint density at radius 1 is 0.723 bits per heavy atom. The maximum Gasteiger partial charge on any atom is 0.305 e. The number of unbranched alkanes of at least 4 members (excludes halogenated alkanes) is 8. The first-order chi connectivity index (χ1) is 22.8. The summed E-state index contributed by atoms with van der Waals surface area (Å²) in [5.41, 5.74) is 0.0160. The fraction of sp³-hybridized carbons (Fsp3) is 0.775. The van der Waals surface area contributed by atoms with Crippen LogP contribution >= 0.6 is 0 Å². The van der Waals surface area contributed by atoms with Crippen LogP contribution < -0.4 is 0 Å². The summed E-state index contributed by atoms with van der Waals surface area (Å²) in [5.74, 6) is -1.19. The van der Waals surface area contributed by atoms with E-state index in [1.807, 2.05) is 6.08 Å². The summed E-state index contributed by atoms with van der Waals surface area (Å²) >= 11 is 0. The molecule has 0 aliphatic carbocycles. The highest BCUT2D eigenvalue weighted by Crippen LogP contribution is 2.31. The Balaban J connectivity index is 2.33. The van der Waals surface area contributed by atoms with E-state index in [-0.39, 0.29) is 49.1 Å². The van der Waals surface area contributed by atoms with Crippen molar-refractivity contribution in [3.05, 3.63) is 37.0 Å². The Morgan fingerprint density at radius 2 is 1.26 bits per heavy atom. The van der Waals surface area contributed by atoms with Gasteiger partial charge in [-0.25, -0.2) is 0 Å². The zero-order valence-corrected chi connectivity index (χ0v) is 30.5. The minimum atomic E-state index is -0.388. The van der Waals surface area contributed by atoms with Gasteiger partial charge in [0.05, 0.1) is 5.92 Å². The van der Waals surface area contributed by atoms with Crippen LogP contribution in [-0.4, -0.2) is 62.3 Å². The van der Waals surface area contributed by atoms with E-state index in [1.165, 1.54) is 44.9 Å². The molecule has 2 unspecified atom stereocenters. The van der Waals surface area contributed by atoms with E-state index in [9.17, 15) is 14.4 Å². The van der Waals surface area contributed by atoms with E-state index >= 15 is 0 Å². The van der Waals surface area contributed by atoms with Gasteiger partial charge in [-0.2, -0.15) is 0 Å². The Labute approximate surface area is 287 Å². The summed E-state index contributed by atoms with van der Waals surface area (Å²) < 4.78 is 16.6. The van der Waals surface area contributed by atoms with Crippen LogP contribution in [0.1, 0.15) is 149 Å². The standard InChI is InChI=1S/C40H69NO6/c1-5-8-9-10-11-12-13-14-15-16-17-18-19-20-21-25-37(42)45-33-36(34-46-38(43)26-24-32-41-30-22-23-31-41)35-47-39(44)27-29-40(4,7-3)28-6-2/h6,11-12,14-15,36H,2,5,7-10,13,16-35H2,1,3-4H3/b12-11-,15-14-. The van der Waals surface area contributed by atoms with Gasteiger partial charge in [0, 0.05) is 19.3 Å². The third-order valence-corrected chi connectivity index (χ3v) is 9.25. The van der Waals surface area contributed by atoms with Crippen LogP contribution in [0.2, 0.25) is 0 Å². The summed E-state index contributed by atoms with van der Waals surface area (Å²) in [6.07, 6.45) is 30.2. The number of ether oxygens (including phenoxy) is 3. The third kappa shape index (κ3) is 24.4. The number of carbonyl (C=O) groups is 3. The number of hydrogen-bond acceptors (Lipinski definition) is 7. The van der Waals surface area contributed by atoms with E-state index < -0.39 is 0 Å². The fourth-order valence-corrected chi connectivity index (χ4v) is 5.70. The summed E-state index contributed by atoms with van der Waals surface area (Å²) in [4.78, 5) is 39.8. The maximum absolute atomic E-state index is 12.6. The van der Waals surface area contributed by atoms with Crippen molar-refractivity contribution in [3.63, 3.8) is 0 Å². The van der Waals surface area contributed by atoms with Gasteiger partial charge in [-0.1, -0.05) is 89.7 Å². The van der Waals surface area contributed by atoms with Crippen molar-refractivity contribution < 1.29 is 28.6 Å². The number of hydrogen-bond donors (Lipinski definition) is 0. The number of rotatable bonds is 30. The van der Waals surface area contributed by atoms with Crippen molar-refractivity contribution in [2.24, 2.45) is 11.3 Å². The first-order valence-corrected chi connectivity index (χ1v) is 18.9. The first-order valence-electron chi connectivity index (χ1n) is 18.9. The molecule has 2 atom stereocenters. The predicted octanol–water partition coefficient (Wildman–Crippen LogP) is 9.69. The molecule has 1 aliphatic heterocycles. The molecule has 1 saturated heterocycles. The third-order valence-electron chi connectivity index (χ3n) is 9.25.